The van der Waals surface area contributed by atoms with Crippen LogP contribution in [0, 0.1) is 0 Å². The molecule has 0 aliphatic heterocycles. The topological polar surface area (TPSA) is 70.6 Å². The molecule has 0 fully saturated rings. The fourth-order valence-corrected chi connectivity index (χ4v) is 1.73. The van der Waals surface area contributed by atoms with E-state index in [-0.39, 0.29) is 12.1 Å². The lowest BCUT2D eigenvalue weighted by atomic mass is 10.1. The van der Waals surface area contributed by atoms with Crippen molar-refractivity contribution in [3.63, 3.8) is 0 Å². The zero-order chi connectivity index (χ0) is 14.1. The summed E-state index contributed by atoms with van der Waals surface area (Å²) in [6, 6.07) is 9.11. The molecule has 5 nitrogen and oxygen atoms in total. The van der Waals surface area contributed by atoms with E-state index in [1.165, 1.54) is 0 Å². The summed E-state index contributed by atoms with van der Waals surface area (Å²) >= 11 is 0. The molecule has 0 aromatic heterocycles. The van der Waals surface area contributed by atoms with Gasteiger partial charge in [0.05, 0.1) is 18.8 Å². The van der Waals surface area contributed by atoms with Gasteiger partial charge in [-0.25, -0.2) is 4.79 Å². The summed E-state index contributed by atoms with van der Waals surface area (Å²) in [5.74, 6) is 0. The van der Waals surface area contributed by atoms with Crippen molar-refractivity contribution in [1.82, 2.24) is 10.6 Å². The highest BCUT2D eigenvalue weighted by Gasteiger charge is 2.09. The number of amides is 2. The minimum absolute atomic E-state index is 0.0379. The number of carbonyl (C=O) groups is 1. The Kier molecular flexibility index (Phi) is 6.92. The van der Waals surface area contributed by atoms with E-state index < -0.39 is 6.10 Å². The molecule has 106 valence electrons. The van der Waals surface area contributed by atoms with Crippen LogP contribution in [0.5, 0.6) is 0 Å². The number of urea groups is 1. The first kappa shape index (κ1) is 15.5. The Morgan fingerprint density at radius 3 is 2.68 bits per heavy atom. The zero-order valence-corrected chi connectivity index (χ0v) is 11.4. The van der Waals surface area contributed by atoms with E-state index in [0.29, 0.717) is 19.6 Å². The maximum absolute atomic E-state index is 11.5. The zero-order valence-electron chi connectivity index (χ0n) is 11.4. The molecule has 1 aromatic carbocycles. The third-order valence-corrected chi connectivity index (χ3v) is 2.68. The Morgan fingerprint density at radius 2 is 2.05 bits per heavy atom. The SMILES string of the molecule is COCC(C)NC(=O)NCCC(O)c1ccccc1. The minimum atomic E-state index is -0.558. The number of hydrogen-bond acceptors (Lipinski definition) is 3. The monoisotopic (exact) mass is 266 g/mol. The molecule has 2 atom stereocenters. The van der Waals surface area contributed by atoms with Crippen LogP contribution < -0.4 is 10.6 Å². The molecule has 3 N–H and O–H groups in total. The Balaban J connectivity index is 2.21. The van der Waals surface area contributed by atoms with E-state index in [9.17, 15) is 9.90 Å². The van der Waals surface area contributed by atoms with Gasteiger partial charge in [0.1, 0.15) is 0 Å². The van der Waals surface area contributed by atoms with Gasteiger partial charge in [0.15, 0.2) is 0 Å². The predicted molar refractivity (Wildman–Crippen MR) is 73.9 cm³/mol. The van der Waals surface area contributed by atoms with Gasteiger partial charge in [0.25, 0.3) is 0 Å². The lowest BCUT2D eigenvalue weighted by Gasteiger charge is -2.15. The van der Waals surface area contributed by atoms with Gasteiger partial charge >= 0.3 is 6.03 Å². The molecule has 0 aliphatic rings. The Bertz CT molecular complexity index is 370. The van der Waals surface area contributed by atoms with Crippen LogP contribution in [0.25, 0.3) is 0 Å². The molecule has 0 radical (unpaired) electrons. The molecule has 0 aliphatic carbocycles. The van der Waals surface area contributed by atoms with Crippen LogP contribution in [0.3, 0.4) is 0 Å². The average molecular weight is 266 g/mol. The Morgan fingerprint density at radius 1 is 1.37 bits per heavy atom. The first-order valence-electron chi connectivity index (χ1n) is 6.39. The highest BCUT2D eigenvalue weighted by molar-refractivity contribution is 5.74. The van der Waals surface area contributed by atoms with Crippen LogP contribution in [0.4, 0.5) is 4.79 Å². The van der Waals surface area contributed by atoms with Crippen molar-refractivity contribution in [2.24, 2.45) is 0 Å². The van der Waals surface area contributed by atoms with Crippen molar-refractivity contribution in [1.29, 1.82) is 0 Å². The molecular weight excluding hydrogens is 244 g/mol. The Labute approximate surface area is 114 Å². The summed E-state index contributed by atoms with van der Waals surface area (Å²) in [5.41, 5.74) is 0.859. The normalized spacial score (nSPS) is 13.6. The smallest absolute Gasteiger partial charge is 0.315 e. The first-order chi connectivity index (χ1) is 9.13. The fraction of sp³-hybridized carbons (Fsp3) is 0.500. The fourth-order valence-electron chi connectivity index (χ4n) is 1.73. The number of hydrogen-bond donors (Lipinski definition) is 3. The van der Waals surface area contributed by atoms with Gasteiger partial charge in [-0.15, -0.1) is 0 Å². The largest absolute Gasteiger partial charge is 0.388 e. The van der Waals surface area contributed by atoms with Crippen LogP contribution in [-0.2, 0) is 4.74 Å². The van der Waals surface area contributed by atoms with Crippen molar-refractivity contribution >= 4 is 6.03 Å². The third kappa shape index (κ3) is 6.22. The van der Waals surface area contributed by atoms with E-state index in [2.05, 4.69) is 10.6 Å². The summed E-state index contributed by atoms with van der Waals surface area (Å²) in [6.07, 6.45) is -0.0753. The summed E-state index contributed by atoms with van der Waals surface area (Å²) in [4.78, 5) is 11.5. The van der Waals surface area contributed by atoms with Gasteiger partial charge in [-0.1, -0.05) is 30.3 Å². The van der Waals surface area contributed by atoms with Crippen LogP contribution >= 0.6 is 0 Å². The summed E-state index contributed by atoms with van der Waals surface area (Å²) in [6.45, 7) is 2.75. The number of aliphatic hydroxyl groups is 1. The molecule has 0 spiro atoms. The maximum atomic E-state index is 11.5. The number of methoxy groups -OCH3 is 1. The van der Waals surface area contributed by atoms with Crippen molar-refractivity contribution < 1.29 is 14.6 Å². The molecule has 0 heterocycles. The van der Waals surface area contributed by atoms with Gasteiger partial charge in [-0.2, -0.15) is 0 Å². The van der Waals surface area contributed by atoms with E-state index in [4.69, 9.17) is 4.74 Å². The van der Waals surface area contributed by atoms with E-state index >= 15 is 0 Å². The van der Waals surface area contributed by atoms with Crippen molar-refractivity contribution in [2.75, 3.05) is 20.3 Å². The van der Waals surface area contributed by atoms with Gasteiger partial charge in [0.2, 0.25) is 0 Å². The molecule has 1 aromatic rings. The summed E-state index contributed by atoms with van der Waals surface area (Å²) < 4.78 is 4.92. The van der Waals surface area contributed by atoms with Gasteiger partial charge in [-0.3, -0.25) is 0 Å². The molecule has 0 saturated carbocycles. The molecule has 1 rings (SSSR count). The van der Waals surface area contributed by atoms with Gasteiger partial charge in [-0.05, 0) is 18.9 Å². The molecule has 2 unspecified atom stereocenters. The van der Waals surface area contributed by atoms with Crippen LogP contribution in [0.15, 0.2) is 30.3 Å². The number of rotatable bonds is 7. The summed E-state index contributed by atoms with van der Waals surface area (Å²) in [5, 5.41) is 15.4. The predicted octanol–water partition coefficient (Wildman–Crippen LogP) is 1.44. The first-order valence-corrected chi connectivity index (χ1v) is 6.39. The molecule has 2 amide bonds. The molecule has 5 heteroatoms. The quantitative estimate of drug-likeness (QED) is 0.699. The second-order valence-electron chi connectivity index (χ2n) is 4.47. The number of benzene rings is 1. The van der Waals surface area contributed by atoms with E-state index in [1.807, 2.05) is 37.3 Å². The lowest BCUT2D eigenvalue weighted by Crippen LogP contribution is -2.43. The van der Waals surface area contributed by atoms with Gasteiger partial charge < -0.3 is 20.5 Å². The van der Waals surface area contributed by atoms with Crippen LogP contribution in [0.2, 0.25) is 0 Å². The number of nitrogens with one attached hydrogen (secondary N) is 2. The third-order valence-electron chi connectivity index (χ3n) is 2.68. The van der Waals surface area contributed by atoms with Crippen molar-refractivity contribution in [3.05, 3.63) is 35.9 Å². The second kappa shape index (κ2) is 8.50. The second-order valence-corrected chi connectivity index (χ2v) is 4.47. The lowest BCUT2D eigenvalue weighted by molar-refractivity contribution is 0.163. The number of aliphatic hydroxyl groups excluding tert-OH is 1. The van der Waals surface area contributed by atoms with Crippen LogP contribution in [-0.4, -0.2) is 37.4 Å². The minimum Gasteiger partial charge on any atom is -0.388 e. The highest BCUT2D eigenvalue weighted by Crippen LogP contribution is 2.14. The Hall–Kier alpha value is -1.59. The molecular formula is C14H22N2O3. The van der Waals surface area contributed by atoms with E-state index in [1.54, 1.807) is 7.11 Å². The van der Waals surface area contributed by atoms with Crippen molar-refractivity contribution in [3.8, 4) is 0 Å². The highest BCUT2D eigenvalue weighted by atomic mass is 16.5. The van der Waals surface area contributed by atoms with Crippen LogP contribution in [0.1, 0.15) is 25.0 Å². The van der Waals surface area contributed by atoms with E-state index in [0.717, 1.165) is 5.56 Å². The van der Waals surface area contributed by atoms with Crippen molar-refractivity contribution in [2.45, 2.75) is 25.5 Å². The average Bonchev–Trinajstić information content (AvgIpc) is 2.39. The molecule has 19 heavy (non-hydrogen) atoms. The molecule has 0 saturated heterocycles. The maximum Gasteiger partial charge on any atom is 0.315 e. The molecule has 0 bridgehead atoms. The number of ether oxygens (including phenoxy) is 1. The van der Waals surface area contributed by atoms with Gasteiger partial charge in [0, 0.05) is 13.7 Å². The standard InChI is InChI=1S/C14H22N2O3/c1-11(10-19-2)16-14(18)15-9-8-13(17)12-6-4-3-5-7-12/h3-7,11,13,17H,8-10H2,1-2H3,(H2,15,16,18). The summed E-state index contributed by atoms with van der Waals surface area (Å²) in [7, 11) is 1.59. The number of carbonyl (C=O) groups excluding carboxylic acids is 1.